The topological polar surface area (TPSA) is 52.3 Å². The summed E-state index contributed by atoms with van der Waals surface area (Å²) >= 11 is 1.59. The summed E-state index contributed by atoms with van der Waals surface area (Å²) in [6, 6.07) is 15.5. The maximum atomic E-state index is 11.4. The van der Waals surface area contributed by atoms with Crippen LogP contribution in [0.1, 0.15) is 5.56 Å². The fourth-order valence-electron chi connectivity index (χ4n) is 1.68. The summed E-state index contributed by atoms with van der Waals surface area (Å²) < 4.78 is 4.71. The standard InChI is InChI=1S/C15H15NO2S/c1-18-15(17)9-11-5-2-3-8-14(11)19-13-7-4-6-12(16)10-13/h2-8,10H,9,16H2,1H3. The summed E-state index contributed by atoms with van der Waals surface area (Å²) in [6.45, 7) is 0. The van der Waals surface area contributed by atoms with Crippen molar-refractivity contribution in [2.24, 2.45) is 0 Å². The first-order valence-corrected chi connectivity index (χ1v) is 6.69. The van der Waals surface area contributed by atoms with Gasteiger partial charge >= 0.3 is 5.97 Å². The van der Waals surface area contributed by atoms with Crippen molar-refractivity contribution in [3.05, 3.63) is 54.1 Å². The Morgan fingerprint density at radius 2 is 2.00 bits per heavy atom. The molecule has 0 spiro atoms. The largest absolute Gasteiger partial charge is 0.469 e. The van der Waals surface area contributed by atoms with Gasteiger partial charge in [0.1, 0.15) is 0 Å². The monoisotopic (exact) mass is 273 g/mol. The first-order valence-electron chi connectivity index (χ1n) is 5.87. The third-order valence-corrected chi connectivity index (χ3v) is 3.73. The molecule has 0 aliphatic carbocycles. The van der Waals surface area contributed by atoms with Gasteiger partial charge in [-0.05, 0) is 29.8 Å². The van der Waals surface area contributed by atoms with E-state index >= 15 is 0 Å². The summed E-state index contributed by atoms with van der Waals surface area (Å²) in [4.78, 5) is 13.5. The van der Waals surface area contributed by atoms with E-state index in [1.54, 1.807) is 11.8 Å². The highest BCUT2D eigenvalue weighted by atomic mass is 32.2. The van der Waals surface area contributed by atoms with E-state index in [2.05, 4.69) is 0 Å². The van der Waals surface area contributed by atoms with Gasteiger partial charge in [-0.2, -0.15) is 0 Å². The lowest BCUT2D eigenvalue weighted by Gasteiger charge is -2.08. The zero-order valence-electron chi connectivity index (χ0n) is 10.6. The molecule has 0 fully saturated rings. The number of nitrogens with two attached hydrogens (primary N) is 1. The fraction of sp³-hybridized carbons (Fsp3) is 0.133. The van der Waals surface area contributed by atoms with Gasteiger partial charge < -0.3 is 10.5 Å². The Morgan fingerprint density at radius 3 is 2.74 bits per heavy atom. The van der Waals surface area contributed by atoms with Crippen LogP contribution in [0, 0.1) is 0 Å². The molecule has 2 N–H and O–H groups in total. The van der Waals surface area contributed by atoms with Crippen molar-refractivity contribution in [2.45, 2.75) is 16.2 Å². The molecule has 4 heteroatoms. The van der Waals surface area contributed by atoms with Crippen molar-refractivity contribution in [2.75, 3.05) is 12.8 Å². The van der Waals surface area contributed by atoms with Crippen molar-refractivity contribution in [1.82, 2.24) is 0 Å². The van der Waals surface area contributed by atoms with Gasteiger partial charge in [0.05, 0.1) is 13.5 Å². The molecule has 2 aromatic rings. The van der Waals surface area contributed by atoms with Gasteiger partial charge in [0, 0.05) is 15.5 Å². The third kappa shape index (κ3) is 3.76. The Hall–Kier alpha value is -1.94. The summed E-state index contributed by atoms with van der Waals surface area (Å²) in [5, 5.41) is 0. The number of hydrogen-bond donors (Lipinski definition) is 1. The third-order valence-electron chi connectivity index (χ3n) is 2.62. The summed E-state index contributed by atoms with van der Waals surface area (Å²) in [5.74, 6) is -0.236. The number of methoxy groups -OCH3 is 1. The van der Waals surface area contributed by atoms with Gasteiger partial charge in [-0.3, -0.25) is 4.79 Å². The lowest BCUT2D eigenvalue weighted by Crippen LogP contribution is -2.05. The maximum absolute atomic E-state index is 11.4. The van der Waals surface area contributed by atoms with Gasteiger partial charge in [0.2, 0.25) is 0 Å². The van der Waals surface area contributed by atoms with Crippen LogP contribution in [0.3, 0.4) is 0 Å². The predicted octanol–water partition coefficient (Wildman–Crippen LogP) is 3.14. The number of hydrogen-bond acceptors (Lipinski definition) is 4. The van der Waals surface area contributed by atoms with E-state index in [0.29, 0.717) is 0 Å². The average Bonchev–Trinajstić information content (AvgIpc) is 2.41. The number of nitrogen functional groups attached to an aromatic ring is 1. The van der Waals surface area contributed by atoms with Crippen molar-refractivity contribution < 1.29 is 9.53 Å². The van der Waals surface area contributed by atoms with Crippen LogP contribution in [0.2, 0.25) is 0 Å². The van der Waals surface area contributed by atoms with Crippen LogP contribution in [0.4, 0.5) is 5.69 Å². The van der Waals surface area contributed by atoms with Gasteiger partial charge in [0.25, 0.3) is 0 Å². The molecular weight excluding hydrogens is 258 g/mol. The van der Waals surface area contributed by atoms with Gasteiger partial charge in [-0.15, -0.1) is 0 Å². The maximum Gasteiger partial charge on any atom is 0.310 e. The normalized spacial score (nSPS) is 10.2. The fourth-order valence-corrected chi connectivity index (χ4v) is 2.70. The van der Waals surface area contributed by atoms with E-state index in [-0.39, 0.29) is 12.4 Å². The zero-order chi connectivity index (χ0) is 13.7. The zero-order valence-corrected chi connectivity index (χ0v) is 11.4. The van der Waals surface area contributed by atoms with E-state index in [1.165, 1.54) is 7.11 Å². The van der Waals surface area contributed by atoms with E-state index < -0.39 is 0 Å². The van der Waals surface area contributed by atoms with E-state index in [4.69, 9.17) is 10.5 Å². The lowest BCUT2D eigenvalue weighted by molar-refractivity contribution is -0.139. The Labute approximate surface area is 116 Å². The molecule has 0 atom stereocenters. The van der Waals surface area contributed by atoms with Crippen LogP contribution in [-0.2, 0) is 16.0 Å². The molecule has 0 aliphatic rings. The molecule has 0 heterocycles. The number of rotatable bonds is 4. The van der Waals surface area contributed by atoms with Crippen molar-refractivity contribution >= 4 is 23.4 Å². The van der Waals surface area contributed by atoms with Crippen LogP contribution in [0.15, 0.2) is 58.3 Å². The molecule has 0 unspecified atom stereocenters. The second kappa shape index (κ2) is 6.29. The Balaban J connectivity index is 2.22. The molecule has 0 saturated heterocycles. The number of esters is 1. The van der Waals surface area contributed by atoms with Crippen molar-refractivity contribution in [3.63, 3.8) is 0 Å². The second-order valence-electron chi connectivity index (χ2n) is 4.04. The van der Waals surface area contributed by atoms with Crippen molar-refractivity contribution in [1.29, 1.82) is 0 Å². The van der Waals surface area contributed by atoms with Crippen LogP contribution in [0.25, 0.3) is 0 Å². The van der Waals surface area contributed by atoms with E-state index in [9.17, 15) is 4.79 Å². The molecular formula is C15H15NO2S. The lowest BCUT2D eigenvalue weighted by atomic mass is 10.1. The van der Waals surface area contributed by atoms with Crippen LogP contribution >= 0.6 is 11.8 Å². The molecule has 0 amide bonds. The van der Waals surface area contributed by atoms with Crippen LogP contribution < -0.4 is 5.73 Å². The highest BCUT2D eigenvalue weighted by Crippen LogP contribution is 2.31. The first kappa shape index (κ1) is 13.5. The Bertz CT molecular complexity index is 584. The molecule has 0 saturated carbocycles. The number of carbonyl (C=O) groups is 1. The highest BCUT2D eigenvalue weighted by molar-refractivity contribution is 7.99. The number of anilines is 1. The Morgan fingerprint density at radius 1 is 1.21 bits per heavy atom. The molecule has 0 aliphatic heterocycles. The number of benzene rings is 2. The second-order valence-corrected chi connectivity index (χ2v) is 5.15. The molecule has 2 rings (SSSR count). The van der Waals surface area contributed by atoms with Gasteiger partial charge in [-0.25, -0.2) is 0 Å². The molecule has 2 aromatic carbocycles. The van der Waals surface area contributed by atoms with Crippen LogP contribution in [-0.4, -0.2) is 13.1 Å². The SMILES string of the molecule is COC(=O)Cc1ccccc1Sc1cccc(N)c1. The minimum atomic E-state index is -0.236. The van der Waals surface area contributed by atoms with Crippen LogP contribution in [0.5, 0.6) is 0 Å². The average molecular weight is 273 g/mol. The summed E-state index contributed by atoms with van der Waals surface area (Å²) in [6.07, 6.45) is 0.280. The van der Waals surface area contributed by atoms with E-state index in [0.717, 1.165) is 21.0 Å². The molecule has 0 radical (unpaired) electrons. The summed E-state index contributed by atoms with van der Waals surface area (Å²) in [7, 11) is 1.40. The molecule has 19 heavy (non-hydrogen) atoms. The number of ether oxygens (including phenoxy) is 1. The molecule has 3 nitrogen and oxygen atoms in total. The van der Waals surface area contributed by atoms with Gasteiger partial charge in [-0.1, -0.05) is 36.0 Å². The van der Waals surface area contributed by atoms with Gasteiger partial charge in [0.15, 0.2) is 0 Å². The predicted molar refractivity (Wildman–Crippen MR) is 77.1 cm³/mol. The van der Waals surface area contributed by atoms with Crippen molar-refractivity contribution in [3.8, 4) is 0 Å². The van der Waals surface area contributed by atoms with E-state index in [1.807, 2.05) is 48.5 Å². The smallest absolute Gasteiger partial charge is 0.310 e. The molecule has 98 valence electrons. The first-order chi connectivity index (χ1) is 9.19. The minimum Gasteiger partial charge on any atom is -0.469 e. The summed E-state index contributed by atoms with van der Waals surface area (Å²) in [5.41, 5.74) is 7.46. The highest BCUT2D eigenvalue weighted by Gasteiger charge is 2.08. The molecule has 0 aromatic heterocycles. The minimum absolute atomic E-state index is 0.236. The molecule has 0 bridgehead atoms. The number of carbonyl (C=O) groups excluding carboxylic acids is 1. The Kier molecular flexibility index (Phi) is 4.47. The quantitative estimate of drug-likeness (QED) is 0.687.